The second-order valence-electron chi connectivity index (χ2n) is 6.39. The van der Waals surface area contributed by atoms with E-state index in [4.69, 9.17) is 11.6 Å². The van der Waals surface area contributed by atoms with Crippen LogP contribution in [0.3, 0.4) is 0 Å². The summed E-state index contributed by atoms with van der Waals surface area (Å²) in [6.07, 6.45) is 1.97. The predicted molar refractivity (Wildman–Crippen MR) is 104 cm³/mol. The molecular formula is C19H20ClFN2O3S. The van der Waals surface area contributed by atoms with Gasteiger partial charge in [0.15, 0.2) is 0 Å². The SMILES string of the molecule is O=C(NCCc1ccc(F)cc1)c1cc(N2CCCCS2(=O)=O)ccc1Cl. The van der Waals surface area contributed by atoms with Crippen LogP contribution >= 0.6 is 11.6 Å². The first-order valence-corrected chi connectivity index (χ1v) is 10.7. The molecular weight excluding hydrogens is 391 g/mol. The second kappa shape index (κ2) is 8.27. The largest absolute Gasteiger partial charge is 0.352 e. The molecule has 1 aliphatic heterocycles. The lowest BCUT2D eigenvalue weighted by Gasteiger charge is -2.28. The molecule has 1 amide bonds. The van der Waals surface area contributed by atoms with Gasteiger partial charge in [0.05, 0.1) is 22.0 Å². The molecule has 1 aliphatic rings. The molecule has 0 bridgehead atoms. The number of benzene rings is 2. The molecule has 1 fully saturated rings. The molecule has 2 aromatic carbocycles. The van der Waals surface area contributed by atoms with Crippen molar-refractivity contribution in [2.24, 2.45) is 0 Å². The van der Waals surface area contributed by atoms with E-state index in [0.717, 1.165) is 12.0 Å². The maximum Gasteiger partial charge on any atom is 0.252 e. The van der Waals surface area contributed by atoms with Crippen molar-refractivity contribution < 1.29 is 17.6 Å². The smallest absolute Gasteiger partial charge is 0.252 e. The van der Waals surface area contributed by atoms with Gasteiger partial charge in [-0.25, -0.2) is 12.8 Å². The van der Waals surface area contributed by atoms with Gasteiger partial charge in [-0.15, -0.1) is 0 Å². The van der Waals surface area contributed by atoms with Crippen LogP contribution < -0.4 is 9.62 Å². The summed E-state index contributed by atoms with van der Waals surface area (Å²) in [5.74, 6) is -0.577. The Bertz CT molecular complexity index is 932. The van der Waals surface area contributed by atoms with Crippen molar-refractivity contribution in [3.8, 4) is 0 Å². The fourth-order valence-corrected chi connectivity index (χ4v) is 4.82. The minimum Gasteiger partial charge on any atom is -0.352 e. The molecule has 8 heteroatoms. The Morgan fingerprint density at radius 3 is 2.59 bits per heavy atom. The van der Waals surface area contributed by atoms with Gasteiger partial charge in [-0.1, -0.05) is 23.7 Å². The number of carbonyl (C=O) groups excluding carboxylic acids is 1. The summed E-state index contributed by atoms with van der Waals surface area (Å²) in [7, 11) is -3.36. The topological polar surface area (TPSA) is 66.5 Å². The second-order valence-corrected chi connectivity index (χ2v) is 8.81. The number of carbonyl (C=O) groups is 1. The standard InChI is InChI=1S/C19H20ClFN2O3S/c20-18-8-7-16(23-11-1-2-12-27(23,25)26)13-17(18)19(24)22-10-9-14-3-5-15(21)6-4-14/h3-8,13H,1-2,9-12H2,(H,22,24). The zero-order valence-electron chi connectivity index (χ0n) is 14.6. The average Bonchev–Trinajstić information content (AvgIpc) is 2.63. The normalized spacial score (nSPS) is 16.1. The maximum atomic E-state index is 12.9. The summed E-state index contributed by atoms with van der Waals surface area (Å²) in [4.78, 5) is 12.5. The molecule has 144 valence electrons. The fourth-order valence-electron chi connectivity index (χ4n) is 2.99. The molecule has 5 nitrogen and oxygen atoms in total. The highest BCUT2D eigenvalue weighted by atomic mass is 35.5. The summed E-state index contributed by atoms with van der Waals surface area (Å²) >= 11 is 6.14. The quantitative estimate of drug-likeness (QED) is 0.821. The van der Waals surface area contributed by atoms with Gasteiger partial charge in [0.2, 0.25) is 10.0 Å². The van der Waals surface area contributed by atoms with E-state index < -0.39 is 10.0 Å². The molecule has 1 saturated heterocycles. The fraction of sp³-hybridized carbons (Fsp3) is 0.316. The molecule has 0 spiro atoms. The lowest BCUT2D eigenvalue weighted by molar-refractivity contribution is 0.0954. The van der Waals surface area contributed by atoms with Gasteiger partial charge >= 0.3 is 0 Å². The van der Waals surface area contributed by atoms with Gasteiger partial charge in [-0.3, -0.25) is 9.10 Å². The van der Waals surface area contributed by atoms with Gasteiger partial charge in [0.25, 0.3) is 5.91 Å². The Hall–Kier alpha value is -2.12. The first-order chi connectivity index (χ1) is 12.9. The highest BCUT2D eigenvalue weighted by Gasteiger charge is 2.27. The Morgan fingerprint density at radius 2 is 1.89 bits per heavy atom. The molecule has 27 heavy (non-hydrogen) atoms. The third-order valence-electron chi connectivity index (χ3n) is 4.44. The Kier molecular flexibility index (Phi) is 6.01. The summed E-state index contributed by atoms with van der Waals surface area (Å²) in [6, 6.07) is 10.7. The van der Waals surface area contributed by atoms with Crippen molar-refractivity contribution in [2.45, 2.75) is 19.3 Å². The Balaban J connectivity index is 1.70. The highest BCUT2D eigenvalue weighted by molar-refractivity contribution is 7.92. The molecule has 2 aromatic rings. The monoisotopic (exact) mass is 410 g/mol. The number of hydrogen-bond donors (Lipinski definition) is 1. The summed E-state index contributed by atoms with van der Waals surface area (Å²) in [6.45, 7) is 0.753. The van der Waals surface area contributed by atoms with Crippen molar-refractivity contribution in [3.05, 3.63) is 64.4 Å². The number of halogens is 2. The zero-order valence-corrected chi connectivity index (χ0v) is 16.2. The van der Waals surface area contributed by atoms with Crippen LogP contribution in [0.15, 0.2) is 42.5 Å². The van der Waals surface area contributed by atoms with Crippen molar-refractivity contribution >= 4 is 33.2 Å². The van der Waals surface area contributed by atoms with Crippen LogP contribution in [0, 0.1) is 5.82 Å². The molecule has 1 heterocycles. The number of sulfonamides is 1. The van der Waals surface area contributed by atoms with Crippen LogP contribution in [0.2, 0.25) is 5.02 Å². The van der Waals surface area contributed by atoms with Crippen LogP contribution in [0.25, 0.3) is 0 Å². The van der Waals surface area contributed by atoms with Crippen molar-refractivity contribution in [1.82, 2.24) is 5.32 Å². The van der Waals surface area contributed by atoms with Crippen molar-refractivity contribution in [1.29, 1.82) is 0 Å². The molecule has 0 atom stereocenters. The zero-order chi connectivity index (χ0) is 19.4. The molecule has 1 N–H and O–H groups in total. The van der Waals surface area contributed by atoms with Crippen LogP contribution in [-0.2, 0) is 16.4 Å². The lowest BCUT2D eigenvalue weighted by Crippen LogP contribution is -2.38. The van der Waals surface area contributed by atoms with E-state index in [2.05, 4.69) is 5.32 Å². The summed E-state index contributed by atoms with van der Waals surface area (Å²) in [5, 5.41) is 3.03. The summed E-state index contributed by atoms with van der Waals surface area (Å²) in [5.41, 5.74) is 1.58. The maximum absolute atomic E-state index is 12.9. The van der Waals surface area contributed by atoms with Crippen LogP contribution in [0.5, 0.6) is 0 Å². The predicted octanol–water partition coefficient (Wildman–Crippen LogP) is 3.38. The minimum atomic E-state index is -3.36. The third-order valence-corrected chi connectivity index (χ3v) is 6.64. The number of rotatable bonds is 5. The number of nitrogens with one attached hydrogen (secondary N) is 1. The molecule has 0 radical (unpaired) electrons. The van der Waals surface area contributed by atoms with Crippen LogP contribution in [0.4, 0.5) is 10.1 Å². The van der Waals surface area contributed by atoms with E-state index in [9.17, 15) is 17.6 Å². The van der Waals surface area contributed by atoms with E-state index >= 15 is 0 Å². The Morgan fingerprint density at radius 1 is 1.15 bits per heavy atom. The Labute approximate surface area is 163 Å². The van der Waals surface area contributed by atoms with Gasteiger partial charge < -0.3 is 5.32 Å². The molecule has 0 aliphatic carbocycles. The van der Waals surface area contributed by atoms with Crippen LogP contribution in [0.1, 0.15) is 28.8 Å². The number of anilines is 1. The van der Waals surface area contributed by atoms with Gasteiger partial charge in [-0.05, 0) is 55.2 Å². The van der Waals surface area contributed by atoms with E-state index in [-0.39, 0.29) is 28.1 Å². The minimum absolute atomic E-state index is 0.106. The molecule has 0 unspecified atom stereocenters. The molecule has 0 saturated carbocycles. The van der Waals surface area contributed by atoms with Crippen molar-refractivity contribution in [2.75, 3.05) is 23.1 Å². The van der Waals surface area contributed by atoms with E-state index in [1.54, 1.807) is 18.2 Å². The number of amides is 1. The van der Waals surface area contributed by atoms with Gasteiger partial charge in [-0.2, -0.15) is 0 Å². The van der Waals surface area contributed by atoms with E-state index in [0.29, 0.717) is 31.6 Å². The van der Waals surface area contributed by atoms with E-state index in [1.165, 1.54) is 28.6 Å². The summed E-state index contributed by atoms with van der Waals surface area (Å²) < 4.78 is 38.8. The number of hydrogen-bond acceptors (Lipinski definition) is 3. The van der Waals surface area contributed by atoms with Gasteiger partial charge in [0, 0.05) is 13.1 Å². The first kappa shape index (κ1) is 19.6. The molecule has 0 aromatic heterocycles. The lowest BCUT2D eigenvalue weighted by atomic mass is 10.1. The van der Waals surface area contributed by atoms with Crippen molar-refractivity contribution in [3.63, 3.8) is 0 Å². The average molecular weight is 411 g/mol. The van der Waals surface area contributed by atoms with Crippen LogP contribution in [-0.4, -0.2) is 33.2 Å². The molecule has 3 rings (SSSR count). The third kappa shape index (κ3) is 4.78. The van der Waals surface area contributed by atoms with E-state index in [1.807, 2.05) is 0 Å². The van der Waals surface area contributed by atoms with Gasteiger partial charge in [0.1, 0.15) is 5.82 Å². The highest BCUT2D eigenvalue weighted by Crippen LogP contribution is 2.28. The first-order valence-electron chi connectivity index (χ1n) is 8.69. The number of nitrogens with zero attached hydrogens (tertiary/aromatic N) is 1.